The average molecular weight is 328 g/mol. The molecule has 1 atom stereocenters. The number of amides is 1. The fourth-order valence-electron chi connectivity index (χ4n) is 2.41. The van der Waals surface area contributed by atoms with E-state index < -0.39 is 0 Å². The van der Waals surface area contributed by atoms with Crippen LogP contribution in [0.1, 0.15) is 25.7 Å². The average Bonchev–Trinajstić information content (AvgIpc) is 2.85. The summed E-state index contributed by atoms with van der Waals surface area (Å²) in [7, 11) is 1.80. The van der Waals surface area contributed by atoms with E-state index in [1.165, 1.54) is 0 Å². The Morgan fingerprint density at radius 3 is 2.81 bits per heavy atom. The molecule has 0 saturated heterocycles. The molecule has 0 saturated carbocycles. The topological polar surface area (TPSA) is 38.1 Å². The van der Waals surface area contributed by atoms with Crippen molar-refractivity contribution in [3.05, 3.63) is 29.0 Å². The number of hydrogen-bond acceptors (Lipinski definition) is 2. The number of carbonyl (C=O) groups is 1. The number of carbonyl (C=O) groups excluding carboxylic acids is 1. The highest BCUT2D eigenvalue weighted by Gasteiger charge is 2.23. The molecule has 6 heteroatoms. The number of imidazole rings is 1. The van der Waals surface area contributed by atoms with Gasteiger partial charge in [-0.3, -0.25) is 4.79 Å². The van der Waals surface area contributed by atoms with E-state index in [0.29, 0.717) is 23.9 Å². The van der Waals surface area contributed by atoms with Crippen LogP contribution in [0.25, 0.3) is 11.0 Å². The molecule has 0 N–H and O–H groups in total. The van der Waals surface area contributed by atoms with Gasteiger partial charge in [0.2, 0.25) is 5.91 Å². The maximum Gasteiger partial charge on any atom is 0.245 e. The van der Waals surface area contributed by atoms with Gasteiger partial charge < -0.3 is 9.47 Å². The highest BCUT2D eigenvalue weighted by Crippen LogP contribution is 2.27. The summed E-state index contributed by atoms with van der Waals surface area (Å²) in [6.45, 7) is 4.50. The van der Waals surface area contributed by atoms with Crippen molar-refractivity contribution in [1.29, 1.82) is 0 Å². The monoisotopic (exact) mass is 327 g/mol. The van der Waals surface area contributed by atoms with Crippen LogP contribution < -0.4 is 0 Å². The molecule has 4 nitrogen and oxygen atoms in total. The second-order valence-electron chi connectivity index (χ2n) is 4.97. The summed E-state index contributed by atoms with van der Waals surface area (Å²) >= 11 is 12.1. The number of alkyl halides is 1. The Kier molecular flexibility index (Phi) is 5.12. The largest absolute Gasteiger partial charge is 0.344 e. The molecule has 1 aromatic heterocycles. The van der Waals surface area contributed by atoms with Crippen molar-refractivity contribution in [3.63, 3.8) is 0 Å². The number of likely N-dealkylation sites (N-methyl/N-ethyl adjacent to an activating group) is 1. The summed E-state index contributed by atoms with van der Waals surface area (Å²) in [4.78, 5) is 18.7. The van der Waals surface area contributed by atoms with Crippen LogP contribution in [0, 0.1) is 0 Å². The summed E-state index contributed by atoms with van der Waals surface area (Å²) in [6, 6.07) is 5.27. The van der Waals surface area contributed by atoms with E-state index in [9.17, 15) is 4.79 Å². The highest BCUT2D eigenvalue weighted by molar-refractivity contribution is 6.34. The van der Waals surface area contributed by atoms with Gasteiger partial charge in [-0.25, -0.2) is 4.98 Å². The van der Waals surface area contributed by atoms with Gasteiger partial charge in [-0.2, -0.15) is 0 Å². The standard InChI is InChI=1S/C15H19Cl2N3O/c1-4-19(3)15(21)10(2)20-12-7-5-6-11(17)14(12)18-13(20)8-9-16/h5-7,10H,4,8-9H2,1-3H3. The number of aromatic nitrogens is 2. The maximum atomic E-state index is 12.5. The third-order valence-corrected chi connectivity index (χ3v) is 4.15. The molecule has 0 aliphatic heterocycles. The van der Waals surface area contributed by atoms with Crippen LogP contribution in [0.5, 0.6) is 0 Å². The van der Waals surface area contributed by atoms with E-state index in [1.807, 2.05) is 30.5 Å². The van der Waals surface area contributed by atoms with Gasteiger partial charge >= 0.3 is 0 Å². The van der Waals surface area contributed by atoms with E-state index in [0.717, 1.165) is 16.9 Å². The molecule has 2 rings (SSSR count). The number of rotatable bonds is 5. The van der Waals surface area contributed by atoms with Crippen molar-refractivity contribution in [2.45, 2.75) is 26.3 Å². The van der Waals surface area contributed by atoms with E-state index in [4.69, 9.17) is 23.2 Å². The van der Waals surface area contributed by atoms with E-state index >= 15 is 0 Å². The molecule has 21 heavy (non-hydrogen) atoms. The molecule has 0 radical (unpaired) electrons. The zero-order valence-electron chi connectivity index (χ0n) is 12.4. The van der Waals surface area contributed by atoms with E-state index in [2.05, 4.69) is 4.98 Å². The van der Waals surface area contributed by atoms with Gasteiger partial charge in [0.1, 0.15) is 17.4 Å². The SMILES string of the molecule is CCN(C)C(=O)C(C)n1c(CCCl)nc2c(Cl)cccc21. The Hall–Kier alpha value is -1.26. The number of hydrogen-bond donors (Lipinski definition) is 0. The maximum absolute atomic E-state index is 12.5. The first-order valence-electron chi connectivity index (χ1n) is 6.97. The molecule has 1 amide bonds. The van der Waals surface area contributed by atoms with Crippen LogP contribution >= 0.6 is 23.2 Å². The first-order chi connectivity index (χ1) is 10.0. The number of fused-ring (bicyclic) bond motifs is 1. The lowest BCUT2D eigenvalue weighted by atomic mass is 10.2. The fraction of sp³-hybridized carbons (Fsp3) is 0.467. The van der Waals surface area contributed by atoms with Gasteiger partial charge in [0.15, 0.2) is 0 Å². The lowest BCUT2D eigenvalue weighted by Crippen LogP contribution is -2.33. The van der Waals surface area contributed by atoms with Crippen molar-refractivity contribution in [2.24, 2.45) is 0 Å². The fourth-order valence-corrected chi connectivity index (χ4v) is 2.79. The Bertz CT molecular complexity index is 654. The minimum Gasteiger partial charge on any atom is -0.344 e. The number of nitrogens with zero attached hydrogens (tertiary/aromatic N) is 3. The quantitative estimate of drug-likeness (QED) is 0.788. The number of aryl methyl sites for hydroxylation is 1. The molecule has 1 heterocycles. The molecule has 114 valence electrons. The van der Waals surface area contributed by atoms with Crippen LogP contribution in [0.3, 0.4) is 0 Å². The van der Waals surface area contributed by atoms with E-state index in [1.54, 1.807) is 18.0 Å². The van der Waals surface area contributed by atoms with Gasteiger partial charge in [-0.15, -0.1) is 11.6 Å². The summed E-state index contributed by atoms with van der Waals surface area (Å²) in [5.41, 5.74) is 1.59. The lowest BCUT2D eigenvalue weighted by Gasteiger charge is -2.22. The van der Waals surface area contributed by atoms with Crippen LogP contribution in [-0.2, 0) is 11.2 Å². The van der Waals surface area contributed by atoms with Crippen LogP contribution in [0.15, 0.2) is 18.2 Å². The molecule has 0 aliphatic rings. The number of halogens is 2. The predicted octanol–water partition coefficient (Wildman–Crippen LogP) is 3.51. The summed E-state index contributed by atoms with van der Waals surface area (Å²) < 4.78 is 1.94. The smallest absolute Gasteiger partial charge is 0.245 e. The van der Waals surface area contributed by atoms with Gasteiger partial charge in [-0.1, -0.05) is 17.7 Å². The summed E-state index contributed by atoms with van der Waals surface area (Å²) in [6.07, 6.45) is 0.597. The molecule has 2 aromatic rings. The minimum absolute atomic E-state index is 0.0487. The Labute approximate surface area is 134 Å². The van der Waals surface area contributed by atoms with Gasteiger partial charge in [-0.05, 0) is 26.0 Å². The van der Waals surface area contributed by atoms with Crippen molar-refractivity contribution < 1.29 is 4.79 Å². The zero-order valence-corrected chi connectivity index (χ0v) is 13.9. The van der Waals surface area contributed by atoms with Crippen LogP contribution in [0.2, 0.25) is 5.02 Å². The zero-order chi connectivity index (χ0) is 15.6. The van der Waals surface area contributed by atoms with E-state index in [-0.39, 0.29) is 11.9 Å². The number of benzene rings is 1. The Morgan fingerprint density at radius 2 is 2.19 bits per heavy atom. The minimum atomic E-state index is -0.336. The molecule has 0 spiro atoms. The first kappa shape index (κ1) is 16.1. The van der Waals surface area contributed by atoms with Gasteiger partial charge in [0.05, 0.1) is 10.5 Å². The molecule has 0 fully saturated rings. The third-order valence-electron chi connectivity index (χ3n) is 3.66. The second kappa shape index (κ2) is 6.67. The molecule has 0 bridgehead atoms. The number of para-hydroxylation sites is 1. The first-order valence-corrected chi connectivity index (χ1v) is 7.88. The second-order valence-corrected chi connectivity index (χ2v) is 5.76. The molecular weight excluding hydrogens is 309 g/mol. The summed E-state index contributed by atoms with van der Waals surface area (Å²) in [5.74, 6) is 1.29. The van der Waals surface area contributed by atoms with Gasteiger partial charge in [0, 0.05) is 25.9 Å². The van der Waals surface area contributed by atoms with Crippen molar-refractivity contribution >= 4 is 40.1 Å². The molecule has 0 aliphatic carbocycles. The third kappa shape index (κ3) is 3.01. The van der Waals surface area contributed by atoms with Crippen molar-refractivity contribution in [3.8, 4) is 0 Å². The molecular formula is C15H19Cl2N3O. The Morgan fingerprint density at radius 1 is 1.48 bits per heavy atom. The van der Waals surface area contributed by atoms with Crippen molar-refractivity contribution in [2.75, 3.05) is 19.5 Å². The predicted molar refractivity (Wildman–Crippen MR) is 87.2 cm³/mol. The van der Waals surface area contributed by atoms with Crippen LogP contribution in [0.4, 0.5) is 0 Å². The highest BCUT2D eigenvalue weighted by atomic mass is 35.5. The van der Waals surface area contributed by atoms with Crippen LogP contribution in [-0.4, -0.2) is 39.8 Å². The van der Waals surface area contributed by atoms with Crippen molar-refractivity contribution in [1.82, 2.24) is 14.5 Å². The molecule has 1 aromatic carbocycles. The summed E-state index contributed by atoms with van der Waals surface area (Å²) in [5, 5.41) is 0.588. The normalized spacial score (nSPS) is 12.6. The lowest BCUT2D eigenvalue weighted by molar-refractivity contribution is -0.132. The Balaban J connectivity index is 2.57. The molecule has 1 unspecified atom stereocenters. The van der Waals surface area contributed by atoms with Gasteiger partial charge in [0.25, 0.3) is 0 Å².